The van der Waals surface area contributed by atoms with Crippen LogP contribution in [0.2, 0.25) is 0 Å². The molecular weight excluding hydrogens is 159 g/mol. The highest BCUT2D eigenvalue weighted by molar-refractivity contribution is 5.87. The molecule has 70 valence electrons. The second-order valence-corrected chi connectivity index (χ2v) is 2.83. The molecule has 12 heavy (non-hydrogen) atoms. The van der Waals surface area contributed by atoms with E-state index in [9.17, 15) is 9.18 Å². The molecule has 0 rings (SSSR count). The zero-order chi connectivity index (χ0) is 9.56. The summed E-state index contributed by atoms with van der Waals surface area (Å²) in [4.78, 5) is 10.9. The van der Waals surface area contributed by atoms with Crippen LogP contribution >= 0.6 is 0 Å². The number of ether oxygens (including phenoxy) is 1. The number of carbonyl (C=O) groups excluding carboxylic acids is 1. The Hall–Kier alpha value is -0.860. The second-order valence-electron chi connectivity index (χ2n) is 2.83. The molecule has 0 heterocycles. The Morgan fingerprint density at radius 3 is 2.67 bits per heavy atom. The molecule has 0 aliphatic heterocycles. The van der Waals surface area contributed by atoms with Crippen LogP contribution in [0.15, 0.2) is 12.2 Å². The Morgan fingerprint density at radius 1 is 1.67 bits per heavy atom. The van der Waals surface area contributed by atoms with Crippen LogP contribution < -0.4 is 0 Å². The van der Waals surface area contributed by atoms with Crippen molar-refractivity contribution in [2.45, 2.75) is 32.8 Å². The summed E-state index contributed by atoms with van der Waals surface area (Å²) >= 11 is 0. The van der Waals surface area contributed by atoms with Gasteiger partial charge in [0.2, 0.25) is 0 Å². The van der Waals surface area contributed by atoms with E-state index >= 15 is 0 Å². The van der Waals surface area contributed by atoms with Gasteiger partial charge >= 0.3 is 5.97 Å². The third kappa shape index (κ3) is 4.88. The van der Waals surface area contributed by atoms with Crippen LogP contribution in [0.3, 0.4) is 0 Å². The summed E-state index contributed by atoms with van der Waals surface area (Å²) in [6.07, 6.45) is 0.783. The van der Waals surface area contributed by atoms with Gasteiger partial charge in [-0.1, -0.05) is 6.58 Å². The molecule has 0 aromatic heterocycles. The molecule has 0 saturated carbocycles. The van der Waals surface area contributed by atoms with Gasteiger partial charge in [0.25, 0.3) is 0 Å². The van der Waals surface area contributed by atoms with Gasteiger partial charge in [0.1, 0.15) is 0 Å². The van der Waals surface area contributed by atoms with E-state index < -0.39 is 5.97 Å². The fourth-order valence-corrected chi connectivity index (χ4v) is 0.707. The Bertz CT molecular complexity index is 166. The van der Waals surface area contributed by atoms with Crippen LogP contribution in [0.5, 0.6) is 0 Å². The van der Waals surface area contributed by atoms with Crippen molar-refractivity contribution in [3.05, 3.63) is 12.2 Å². The van der Waals surface area contributed by atoms with Gasteiger partial charge in [0.15, 0.2) is 0 Å². The summed E-state index contributed by atoms with van der Waals surface area (Å²) in [6.45, 7) is 6.41. The van der Waals surface area contributed by atoms with Gasteiger partial charge in [0, 0.05) is 5.57 Å². The van der Waals surface area contributed by atoms with Crippen molar-refractivity contribution < 1.29 is 13.9 Å². The average molecular weight is 174 g/mol. The molecule has 0 aliphatic carbocycles. The summed E-state index contributed by atoms with van der Waals surface area (Å²) in [5.41, 5.74) is 0.377. The summed E-state index contributed by atoms with van der Waals surface area (Å²) in [5.74, 6) is -0.402. The minimum Gasteiger partial charge on any atom is -0.459 e. The van der Waals surface area contributed by atoms with Crippen LogP contribution in [0.25, 0.3) is 0 Å². The maximum Gasteiger partial charge on any atom is 0.333 e. The third-order valence-corrected chi connectivity index (χ3v) is 1.40. The Balaban J connectivity index is 3.61. The van der Waals surface area contributed by atoms with Crippen molar-refractivity contribution in [1.29, 1.82) is 0 Å². The minimum absolute atomic E-state index is 0.218. The quantitative estimate of drug-likeness (QED) is 0.472. The van der Waals surface area contributed by atoms with E-state index in [4.69, 9.17) is 4.74 Å². The molecule has 1 atom stereocenters. The molecule has 0 radical (unpaired) electrons. The lowest BCUT2D eigenvalue weighted by Crippen LogP contribution is -2.15. The van der Waals surface area contributed by atoms with Crippen molar-refractivity contribution in [3.63, 3.8) is 0 Å². The zero-order valence-corrected chi connectivity index (χ0v) is 7.60. The monoisotopic (exact) mass is 174 g/mol. The van der Waals surface area contributed by atoms with E-state index in [1.54, 1.807) is 13.8 Å². The first-order valence-electron chi connectivity index (χ1n) is 4.00. The second kappa shape index (κ2) is 5.75. The number of esters is 1. The number of hydrogen-bond donors (Lipinski definition) is 0. The largest absolute Gasteiger partial charge is 0.459 e. The maximum atomic E-state index is 11.7. The normalized spacial score (nSPS) is 12.2. The Labute approximate surface area is 72.4 Å². The van der Waals surface area contributed by atoms with Crippen molar-refractivity contribution in [2.75, 3.05) is 6.67 Å². The van der Waals surface area contributed by atoms with E-state index in [0.717, 1.165) is 0 Å². The molecule has 0 saturated heterocycles. The molecular formula is C9H15FO2. The van der Waals surface area contributed by atoms with Gasteiger partial charge in [0.05, 0.1) is 12.8 Å². The fourth-order valence-electron chi connectivity index (χ4n) is 0.707. The van der Waals surface area contributed by atoms with Gasteiger partial charge in [-0.25, -0.2) is 4.79 Å². The van der Waals surface area contributed by atoms with E-state index in [1.165, 1.54) is 0 Å². The first-order chi connectivity index (χ1) is 5.57. The predicted molar refractivity (Wildman–Crippen MR) is 45.6 cm³/mol. The van der Waals surface area contributed by atoms with Crippen molar-refractivity contribution in [3.8, 4) is 0 Å². The third-order valence-electron chi connectivity index (χ3n) is 1.40. The van der Waals surface area contributed by atoms with Crippen LogP contribution in [-0.4, -0.2) is 18.7 Å². The fraction of sp³-hybridized carbons (Fsp3) is 0.667. The van der Waals surface area contributed by atoms with E-state index in [-0.39, 0.29) is 12.8 Å². The molecule has 0 fully saturated rings. The number of hydrogen-bond acceptors (Lipinski definition) is 2. The smallest absolute Gasteiger partial charge is 0.333 e. The predicted octanol–water partition coefficient (Wildman–Crippen LogP) is 2.24. The topological polar surface area (TPSA) is 26.3 Å². The molecule has 0 bridgehead atoms. The highest BCUT2D eigenvalue weighted by atomic mass is 19.1. The minimum atomic E-state index is -0.402. The van der Waals surface area contributed by atoms with Crippen molar-refractivity contribution in [1.82, 2.24) is 0 Å². The van der Waals surface area contributed by atoms with Gasteiger partial charge in [-0.2, -0.15) is 0 Å². The summed E-state index contributed by atoms with van der Waals surface area (Å²) in [5, 5.41) is 0. The number of alkyl halides is 1. The standard InChI is InChI=1S/C9H15FO2/c1-7(2)9(11)12-8(3)5-4-6-10/h8H,1,4-6H2,2-3H3. The molecule has 0 aliphatic rings. The molecule has 0 aromatic carbocycles. The lowest BCUT2D eigenvalue weighted by molar-refractivity contribution is -0.143. The van der Waals surface area contributed by atoms with Crippen LogP contribution in [0.1, 0.15) is 26.7 Å². The molecule has 3 heteroatoms. The SMILES string of the molecule is C=C(C)C(=O)OC(C)CCCF. The first-order valence-corrected chi connectivity index (χ1v) is 4.00. The molecule has 0 aromatic rings. The highest BCUT2D eigenvalue weighted by Crippen LogP contribution is 2.04. The Kier molecular flexibility index (Phi) is 5.34. The highest BCUT2D eigenvalue weighted by Gasteiger charge is 2.08. The number of rotatable bonds is 5. The Morgan fingerprint density at radius 2 is 2.25 bits per heavy atom. The van der Waals surface area contributed by atoms with Gasteiger partial charge in [-0.15, -0.1) is 0 Å². The van der Waals surface area contributed by atoms with Crippen molar-refractivity contribution in [2.24, 2.45) is 0 Å². The molecule has 0 N–H and O–H groups in total. The molecule has 0 spiro atoms. The van der Waals surface area contributed by atoms with Gasteiger partial charge in [-0.3, -0.25) is 4.39 Å². The molecule has 1 unspecified atom stereocenters. The van der Waals surface area contributed by atoms with E-state index in [2.05, 4.69) is 6.58 Å². The summed E-state index contributed by atoms with van der Waals surface area (Å²) < 4.78 is 16.6. The van der Waals surface area contributed by atoms with Crippen LogP contribution in [0.4, 0.5) is 4.39 Å². The number of halogens is 1. The van der Waals surface area contributed by atoms with Gasteiger partial charge in [-0.05, 0) is 26.7 Å². The zero-order valence-electron chi connectivity index (χ0n) is 7.60. The lowest BCUT2D eigenvalue weighted by Gasteiger charge is -2.11. The van der Waals surface area contributed by atoms with E-state index in [1.807, 2.05) is 0 Å². The van der Waals surface area contributed by atoms with Crippen LogP contribution in [0, 0.1) is 0 Å². The van der Waals surface area contributed by atoms with Gasteiger partial charge < -0.3 is 4.74 Å². The van der Waals surface area contributed by atoms with Crippen LogP contribution in [-0.2, 0) is 9.53 Å². The summed E-state index contributed by atoms with van der Waals surface area (Å²) in [6, 6.07) is 0. The lowest BCUT2D eigenvalue weighted by atomic mass is 10.2. The summed E-state index contributed by atoms with van der Waals surface area (Å²) in [7, 11) is 0. The average Bonchev–Trinajstić information content (AvgIpc) is 2.00. The first kappa shape index (κ1) is 11.1. The number of carbonyl (C=O) groups is 1. The van der Waals surface area contributed by atoms with Crippen molar-refractivity contribution >= 4 is 5.97 Å². The maximum absolute atomic E-state index is 11.7. The molecule has 0 amide bonds. The molecule has 2 nitrogen and oxygen atoms in total. The van der Waals surface area contributed by atoms with E-state index in [0.29, 0.717) is 18.4 Å².